The van der Waals surface area contributed by atoms with Crippen molar-refractivity contribution in [3.05, 3.63) is 0 Å². The van der Waals surface area contributed by atoms with Gasteiger partial charge in [0.15, 0.2) is 6.29 Å². The van der Waals surface area contributed by atoms with Gasteiger partial charge in [-0.2, -0.15) is 0 Å². The van der Waals surface area contributed by atoms with Gasteiger partial charge in [-0.3, -0.25) is 4.79 Å². The lowest BCUT2D eigenvalue weighted by molar-refractivity contribution is -0.223. The lowest BCUT2D eigenvalue weighted by Gasteiger charge is -2.54. The molecule has 5 unspecified atom stereocenters. The van der Waals surface area contributed by atoms with Gasteiger partial charge in [0.1, 0.15) is 5.78 Å². The van der Waals surface area contributed by atoms with Crippen molar-refractivity contribution in [1.29, 1.82) is 0 Å². The Hall–Kier alpha value is -0.490. The Morgan fingerprint density at radius 2 is 1.47 bits per heavy atom. The highest BCUT2D eigenvalue weighted by Crippen LogP contribution is 2.51. The van der Waals surface area contributed by atoms with Crippen molar-refractivity contribution in [3.63, 3.8) is 0 Å². The predicted molar refractivity (Wildman–Crippen MR) is 60.8 cm³/mol. The van der Waals surface area contributed by atoms with Crippen LogP contribution in [-0.2, 0) is 4.79 Å². The summed E-state index contributed by atoms with van der Waals surface area (Å²) in [6, 6.07) is 0. The summed E-state index contributed by atoms with van der Waals surface area (Å²) in [5, 5.41) is 38.0. The molecule has 1 aliphatic carbocycles. The van der Waals surface area contributed by atoms with E-state index < -0.39 is 42.2 Å². The number of aliphatic hydroxyl groups is 4. The van der Waals surface area contributed by atoms with Crippen LogP contribution in [0, 0.1) is 23.7 Å². The summed E-state index contributed by atoms with van der Waals surface area (Å²) in [5.41, 5.74) is 0. The zero-order valence-electron chi connectivity index (χ0n) is 10.4. The highest BCUT2D eigenvalue weighted by Gasteiger charge is 2.58. The average Bonchev–Trinajstić information content (AvgIpc) is 2.13. The molecule has 0 aliphatic heterocycles. The third-order valence-corrected chi connectivity index (χ3v) is 3.90. The minimum Gasteiger partial charge on any atom is -0.393 e. The number of carbonyl (C=O) groups is 1. The third-order valence-electron chi connectivity index (χ3n) is 3.90. The quantitative estimate of drug-likeness (QED) is 0.491. The van der Waals surface area contributed by atoms with Gasteiger partial charge in [-0.25, -0.2) is 0 Å². The number of carbonyl (C=O) groups excluding carboxylic acids is 1. The van der Waals surface area contributed by atoms with Gasteiger partial charge < -0.3 is 20.4 Å². The molecule has 0 amide bonds. The normalized spacial score (nSPS) is 36.5. The Labute approximate surface area is 101 Å². The Bertz CT molecular complexity index is 258. The van der Waals surface area contributed by atoms with E-state index in [9.17, 15) is 25.2 Å². The fourth-order valence-corrected chi connectivity index (χ4v) is 3.16. The molecule has 1 fully saturated rings. The van der Waals surface area contributed by atoms with E-state index in [1.807, 2.05) is 0 Å². The van der Waals surface area contributed by atoms with Crippen molar-refractivity contribution in [3.8, 4) is 0 Å². The van der Waals surface area contributed by atoms with E-state index in [1.54, 1.807) is 20.8 Å². The minimum atomic E-state index is -1.63. The average molecular weight is 246 g/mol. The van der Waals surface area contributed by atoms with Gasteiger partial charge >= 0.3 is 0 Å². The smallest absolute Gasteiger partial charge is 0.155 e. The Kier molecular flexibility index (Phi) is 4.66. The maximum absolute atomic E-state index is 11.8. The molecule has 0 saturated heterocycles. The first-order valence-electron chi connectivity index (χ1n) is 6.07. The molecule has 100 valence electrons. The van der Waals surface area contributed by atoms with Crippen LogP contribution in [0.1, 0.15) is 27.2 Å². The number of Topliss-reactive ketones (excluding diaryl/α,β-unsaturated/α-hetero) is 1. The lowest BCUT2D eigenvalue weighted by Crippen LogP contribution is -2.61. The lowest BCUT2D eigenvalue weighted by atomic mass is 9.51. The highest BCUT2D eigenvalue weighted by molar-refractivity contribution is 5.82. The monoisotopic (exact) mass is 246 g/mol. The largest absolute Gasteiger partial charge is 0.393 e. The highest BCUT2D eigenvalue weighted by atomic mass is 16.5. The molecule has 0 spiro atoms. The van der Waals surface area contributed by atoms with Gasteiger partial charge in [0.25, 0.3) is 0 Å². The number of rotatable bonds is 5. The molecular formula is C12H22O5. The number of aliphatic hydroxyl groups excluding tert-OH is 3. The van der Waals surface area contributed by atoms with E-state index in [0.29, 0.717) is 6.42 Å². The molecule has 1 aliphatic rings. The summed E-state index contributed by atoms with van der Waals surface area (Å²) < 4.78 is 0. The van der Waals surface area contributed by atoms with Crippen LogP contribution >= 0.6 is 0 Å². The standard InChI is InChI=1S/C12H22O5/c1-4-7(15)10-8(5(2)13)9(6(3)14)11(10)12(16)17/h5-6,8-14,16-17H,4H2,1-3H3/t5?,6-,8?,9?,10?,11?/m0/s1. The van der Waals surface area contributed by atoms with Gasteiger partial charge in [-0.05, 0) is 19.8 Å². The van der Waals surface area contributed by atoms with Crippen molar-refractivity contribution in [2.24, 2.45) is 23.7 Å². The fourth-order valence-electron chi connectivity index (χ4n) is 3.16. The van der Waals surface area contributed by atoms with Gasteiger partial charge in [-0.1, -0.05) is 6.92 Å². The predicted octanol–water partition coefficient (Wildman–Crippen LogP) is -0.484. The molecule has 1 rings (SSSR count). The molecule has 0 radical (unpaired) electrons. The number of hydrogen-bond donors (Lipinski definition) is 4. The molecular weight excluding hydrogens is 224 g/mol. The topological polar surface area (TPSA) is 98.0 Å². The molecule has 6 atom stereocenters. The van der Waals surface area contributed by atoms with E-state index in [4.69, 9.17) is 0 Å². The van der Waals surface area contributed by atoms with Gasteiger partial charge in [-0.15, -0.1) is 0 Å². The van der Waals surface area contributed by atoms with Crippen molar-refractivity contribution in [1.82, 2.24) is 0 Å². The van der Waals surface area contributed by atoms with Crippen molar-refractivity contribution in [2.45, 2.75) is 45.7 Å². The van der Waals surface area contributed by atoms with Crippen LogP contribution in [0.15, 0.2) is 0 Å². The first-order valence-corrected chi connectivity index (χ1v) is 6.07. The summed E-state index contributed by atoms with van der Waals surface area (Å²) in [5.74, 6) is -2.18. The van der Waals surface area contributed by atoms with Crippen LogP contribution in [0.3, 0.4) is 0 Å². The molecule has 0 aromatic heterocycles. The van der Waals surface area contributed by atoms with Crippen LogP contribution in [0.2, 0.25) is 0 Å². The zero-order valence-corrected chi connectivity index (χ0v) is 10.4. The van der Waals surface area contributed by atoms with Crippen molar-refractivity contribution < 1.29 is 25.2 Å². The molecule has 5 nitrogen and oxygen atoms in total. The number of hydrogen-bond acceptors (Lipinski definition) is 5. The summed E-state index contributed by atoms with van der Waals surface area (Å²) in [7, 11) is 0. The molecule has 1 saturated carbocycles. The second kappa shape index (κ2) is 5.44. The molecule has 0 aromatic carbocycles. The van der Waals surface area contributed by atoms with Crippen LogP contribution in [0.5, 0.6) is 0 Å². The van der Waals surface area contributed by atoms with Gasteiger partial charge in [0.05, 0.1) is 12.2 Å². The first kappa shape index (κ1) is 14.6. The Balaban J connectivity index is 2.96. The number of ketones is 1. The summed E-state index contributed by atoms with van der Waals surface area (Å²) >= 11 is 0. The van der Waals surface area contributed by atoms with Crippen molar-refractivity contribution >= 4 is 5.78 Å². The second-order valence-corrected chi connectivity index (χ2v) is 4.97. The molecule has 0 aromatic rings. The third kappa shape index (κ3) is 2.52. The molecule has 0 bridgehead atoms. The van der Waals surface area contributed by atoms with E-state index in [1.165, 1.54) is 0 Å². The SMILES string of the molecule is CCC(=O)C1C(C(C)O)C([C@H](C)O)C1C(O)O. The minimum absolute atomic E-state index is 0.0918. The Morgan fingerprint density at radius 3 is 1.76 bits per heavy atom. The summed E-state index contributed by atoms with van der Waals surface area (Å²) in [6.45, 7) is 4.82. The van der Waals surface area contributed by atoms with Crippen molar-refractivity contribution in [2.75, 3.05) is 0 Å². The molecule has 4 N–H and O–H groups in total. The molecule has 17 heavy (non-hydrogen) atoms. The van der Waals surface area contributed by atoms with Crippen LogP contribution in [-0.4, -0.2) is 44.7 Å². The maximum atomic E-state index is 11.8. The summed E-state index contributed by atoms with van der Waals surface area (Å²) in [6.07, 6.45) is -2.86. The summed E-state index contributed by atoms with van der Waals surface area (Å²) in [4.78, 5) is 11.8. The van der Waals surface area contributed by atoms with Crippen LogP contribution in [0.4, 0.5) is 0 Å². The maximum Gasteiger partial charge on any atom is 0.155 e. The van der Waals surface area contributed by atoms with Crippen LogP contribution < -0.4 is 0 Å². The molecule has 0 heterocycles. The molecule has 5 heteroatoms. The van der Waals surface area contributed by atoms with E-state index in [2.05, 4.69) is 0 Å². The van der Waals surface area contributed by atoms with E-state index in [0.717, 1.165) is 0 Å². The van der Waals surface area contributed by atoms with E-state index in [-0.39, 0.29) is 5.78 Å². The van der Waals surface area contributed by atoms with Crippen LogP contribution in [0.25, 0.3) is 0 Å². The van der Waals surface area contributed by atoms with Gasteiger partial charge in [0.2, 0.25) is 0 Å². The van der Waals surface area contributed by atoms with Gasteiger partial charge in [0, 0.05) is 24.2 Å². The zero-order chi connectivity index (χ0) is 13.3. The van der Waals surface area contributed by atoms with E-state index >= 15 is 0 Å². The first-order chi connectivity index (χ1) is 7.82. The second-order valence-electron chi connectivity index (χ2n) is 4.97. The Morgan fingerprint density at radius 1 is 1.00 bits per heavy atom. The fraction of sp³-hybridized carbons (Fsp3) is 0.917.